The number of benzene rings is 3. The van der Waals surface area contributed by atoms with Crippen molar-refractivity contribution < 1.29 is 23.9 Å². The lowest BCUT2D eigenvalue weighted by molar-refractivity contribution is -0.138. The molecule has 2 unspecified atom stereocenters. The van der Waals surface area contributed by atoms with Gasteiger partial charge in [-0.3, -0.25) is 9.59 Å². The summed E-state index contributed by atoms with van der Waals surface area (Å²) >= 11 is 0. The second kappa shape index (κ2) is 13.6. The summed E-state index contributed by atoms with van der Waals surface area (Å²) in [6.07, 6.45) is 2.35. The van der Waals surface area contributed by atoms with Gasteiger partial charge in [0.05, 0.1) is 7.11 Å². The van der Waals surface area contributed by atoms with E-state index < -0.39 is 18.2 Å². The van der Waals surface area contributed by atoms with Gasteiger partial charge in [0.2, 0.25) is 11.8 Å². The molecule has 1 heterocycles. The lowest BCUT2D eigenvalue weighted by Gasteiger charge is -2.28. The smallest absolute Gasteiger partial charge is 0.408 e. The number of rotatable bonds is 11. The number of alkyl carbamates (subject to hydrolysis) is 1. The minimum absolute atomic E-state index is 0.0976. The van der Waals surface area contributed by atoms with E-state index in [1.54, 1.807) is 18.1 Å². The molecule has 3 aromatic carbocycles. The fraction of sp³-hybridized carbons (Fsp3) is 0.367. The molecule has 9 nitrogen and oxygen atoms in total. The minimum atomic E-state index is -0.811. The Labute approximate surface area is 228 Å². The minimum Gasteiger partial charge on any atom is -0.496 e. The molecule has 3 amide bonds. The number of unbranched alkanes of at least 4 members (excludes halogenated alkanes) is 1. The van der Waals surface area contributed by atoms with Crippen LogP contribution in [0.15, 0.2) is 66.7 Å². The van der Waals surface area contributed by atoms with Gasteiger partial charge in [-0.1, -0.05) is 54.6 Å². The van der Waals surface area contributed by atoms with Crippen molar-refractivity contribution in [1.82, 2.24) is 10.2 Å². The van der Waals surface area contributed by atoms with Crippen molar-refractivity contribution in [3.63, 3.8) is 0 Å². The van der Waals surface area contributed by atoms with Crippen molar-refractivity contribution in [2.24, 2.45) is 5.73 Å². The number of methoxy groups -OCH3 is 1. The molecular weight excluding hydrogens is 496 g/mol. The number of anilines is 1. The molecule has 4 rings (SSSR count). The Bertz CT molecular complexity index is 1280. The average molecular weight is 533 g/mol. The number of nitrogens with zero attached hydrogens (tertiary/aromatic N) is 1. The number of fused-ring (bicyclic) bond motifs is 1. The molecule has 39 heavy (non-hydrogen) atoms. The molecule has 0 aliphatic carbocycles. The van der Waals surface area contributed by atoms with Gasteiger partial charge in [-0.05, 0) is 55.7 Å². The Kier molecular flexibility index (Phi) is 9.74. The van der Waals surface area contributed by atoms with Crippen LogP contribution in [-0.2, 0) is 20.9 Å². The molecule has 1 fully saturated rings. The first-order chi connectivity index (χ1) is 19.0. The number of likely N-dealkylation sites (tertiary alicyclic amines) is 1. The van der Waals surface area contributed by atoms with Crippen molar-refractivity contribution in [3.8, 4) is 5.75 Å². The molecule has 4 N–H and O–H groups in total. The van der Waals surface area contributed by atoms with Crippen LogP contribution in [0.5, 0.6) is 5.75 Å². The van der Waals surface area contributed by atoms with E-state index in [1.165, 1.54) is 0 Å². The lowest BCUT2D eigenvalue weighted by Crippen LogP contribution is -2.52. The van der Waals surface area contributed by atoms with Crippen LogP contribution >= 0.6 is 0 Å². The average Bonchev–Trinajstić information content (AvgIpc) is 3.46. The van der Waals surface area contributed by atoms with Crippen LogP contribution < -0.4 is 21.1 Å². The van der Waals surface area contributed by atoms with Crippen LogP contribution in [0.2, 0.25) is 0 Å². The highest BCUT2D eigenvalue weighted by atomic mass is 16.5. The van der Waals surface area contributed by atoms with Gasteiger partial charge >= 0.3 is 6.09 Å². The third-order valence-corrected chi connectivity index (χ3v) is 6.90. The summed E-state index contributed by atoms with van der Waals surface area (Å²) in [5, 5.41) is 7.57. The first-order valence-electron chi connectivity index (χ1n) is 13.4. The first kappa shape index (κ1) is 27.9. The fourth-order valence-corrected chi connectivity index (χ4v) is 4.90. The number of amides is 3. The van der Waals surface area contributed by atoms with Gasteiger partial charge in [0, 0.05) is 23.7 Å². The standard InChI is InChI=1S/C30H36N4O5/c1-38-27-19-23(18-22-12-5-6-13-24(22)27)32-28(35)26-15-9-17-34(26)29(36)25(14-7-8-16-31)33-30(37)39-20-21-10-3-2-4-11-21/h2-6,10-13,18-19,25-26H,7-9,14-17,20,31H2,1H3,(H,32,35)(H,33,37). The number of carbonyl (C=O) groups is 3. The van der Waals surface area contributed by atoms with Crippen LogP contribution in [0.25, 0.3) is 10.8 Å². The molecule has 206 valence electrons. The summed E-state index contributed by atoms with van der Waals surface area (Å²) in [6, 6.07) is 19.3. The predicted molar refractivity (Wildman–Crippen MR) is 150 cm³/mol. The first-order valence-corrected chi connectivity index (χ1v) is 13.4. The van der Waals surface area contributed by atoms with E-state index in [0.717, 1.165) is 22.8 Å². The van der Waals surface area contributed by atoms with Crippen molar-refractivity contribution in [3.05, 3.63) is 72.3 Å². The summed E-state index contributed by atoms with van der Waals surface area (Å²) in [5.74, 6) is 0.0870. The summed E-state index contributed by atoms with van der Waals surface area (Å²) in [6.45, 7) is 1.02. The molecule has 0 aromatic heterocycles. The number of nitrogens with two attached hydrogens (primary N) is 1. The Hall–Kier alpha value is -4.11. The van der Waals surface area contributed by atoms with Gasteiger partial charge in [-0.2, -0.15) is 0 Å². The van der Waals surface area contributed by atoms with E-state index in [0.29, 0.717) is 50.2 Å². The van der Waals surface area contributed by atoms with Crippen molar-refractivity contribution in [1.29, 1.82) is 0 Å². The monoisotopic (exact) mass is 532 g/mol. The highest BCUT2D eigenvalue weighted by Gasteiger charge is 2.37. The second-order valence-electron chi connectivity index (χ2n) is 9.62. The van der Waals surface area contributed by atoms with E-state index in [2.05, 4.69) is 10.6 Å². The third kappa shape index (κ3) is 7.26. The number of carbonyl (C=O) groups excluding carboxylic acids is 3. The highest BCUT2D eigenvalue weighted by molar-refractivity contribution is 6.01. The molecule has 0 bridgehead atoms. The van der Waals surface area contributed by atoms with Crippen molar-refractivity contribution in [2.45, 2.75) is 50.8 Å². The molecule has 1 saturated heterocycles. The van der Waals surface area contributed by atoms with Crippen LogP contribution in [-0.4, -0.2) is 55.1 Å². The Morgan fingerprint density at radius 2 is 1.82 bits per heavy atom. The van der Waals surface area contributed by atoms with E-state index in [4.69, 9.17) is 15.2 Å². The summed E-state index contributed by atoms with van der Waals surface area (Å²) in [7, 11) is 1.59. The van der Waals surface area contributed by atoms with Crippen LogP contribution in [0, 0.1) is 0 Å². The van der Waals surface area contributed by atoms with E-state index in [1.807, 2.05) is 60.7 Å². The predicted octanol–water partition coefficient (Wildman–Crippen LogP) is 4.20. The van der Waals surface area contributed by atoms with Crippen molar-refractivity contribution >= 4 is 34.4 Å². The SMILES string of the molecule is COc1cc(NC(=O)C2CCCN2C(=O)C(CCCCN)NC(=O)OCc2ccccc2)cc2ccccc12. The van der Waals surface area contributed by atoms with Gasteiger partial charge < -0.3 is 30.7 Å². The van der Waals surface area contributed by atoms with E-state index >= 15 is 0 Å². The van der Waals surface area contributed by atoms with Crippen LogP contribution in [0.4, 0.5) is 10.5 Å². The van der Waals surface area contributed by atoms with Crippen LogP contribution in [0.3, 0.4) is 0 Å². The number of ether oxygens (including phenoxy) is 2. The number of hydrogen-bond acceptors (Lipinski definition) is 6. The molecule has 1 aliphatic rings. The number of hydrogen-bond donors (Lipinski definition) is 3. The fourth-order valence-electron chi connectivity index (χ4n) is 4.90. The van der Waals surface area contributed by atoms with E-state index in [9.17, 15) is 14.4 Å². The summed E-state index contributed by atoms with van der Waals surface area (Å²) < 4.78 is 10.9. The molecule has 1 aliphatic heterocycles. The van der Waals surface area contributed by atoms with Gasteiger partial charge in [0.15, 0.2) is 0 Å². The van der Waals surface area contributed by atoms with Crippen molar-refractivity contribution in [2.75, 3.05) is 25.5 Å². The van der Waals surface area contributed by atoms with Gasteiger partial charge in [0.25, 0.3) is 0 Å². The normalized spacial score (nSPS) is 15.5. The zero-order chi connectivity index (χ0) is 27.6. The van der Waals surface area contributed by atoms with Crippen LogP contribution in [0.1, 0.15) is 37.7 Å². The zero-order valence-electron chi connectivity index (χ0n) is 22.2. The topological polar surface area (TPSA) is 123 Å². The largest absolute Gasteiger partial charge is 0.496 e. The molecule has 0 radical (unpaired) electrons. The lowest BCUT2D eigenvalue weighted by atomic mass is 10.1. The molecule has 3 aromatic rings. The highest BCUT2D eigenvalue weighted by Crippen LogP contribution is 2.30. The second-order valence-corrected chi connectivity index (χ2v) is 9.62. The molecule has 0 saturated carbocycles. The molecule has 0 spiro atoms. The maximum absolute atomic E-state index is 13.6. The molecule has 9 heteroatoms. The maximum atomic E-state index is 13.6. The summed E-state index contributed by atoms with van der Waals surface area (Å²) in [4.78, 5) is 41.1. The Morgan fingerprint density at radius 1 is 1.05 bits per heavy atom. The number of nitrogens with one attached hydrogen (secondary N) is 2. The Balaban J connectivity index is 1.43. The van der Waals surface area contributed by atoms with Gasteiger partial charge in [-0.25, -0.2) is 4.79 Å². The maximum Gasteiger partial charge on any atom is 0.408 e. The Morgan fingerprint density at radius 3 is 2.59 bits per heavy atom. The summed E-state index contributed by atoms with van der Waals surface area (Å²) in [5.41, 5.74) is 7.09. The van der Waals surface area contributed by atoms with Gasteiger partial charge in [0.1, 0.15) is 24.4 Å². The van der Waals surface area contributed by atoms with E-state index in [-0.39, 0.29) is 18.4 Å². The molecule has 2 atom stereocenters. The molecular formula is C30H36N4O5. The zero-order valence-corrected chi connectivity index (χ0v) is 22.2. The quantitative estimate of drug-likeness (QED) is 0.318. The third-order valence-electron chi connectivity index (χ3n) is 6.90. The van der Waals surface area contributed by atoms with Gasteiger partial charge in [-0.15, -0.1) is 0 Å².